The lowest BCUT2D eigenvalue weighted by Crippen LogP contribution is -2.31. The highest BCUT2D eigenvalue weighted by atomic mass is 79.9. The van der Waals surface area contributed by atoms with E-state index in [1.165, 1.54) is 0 Å². The SMILES string of the molecule is COCC(Br)CNC(=O)c1cc(C)nc2ccccc12. The first kappa shape index (κ1) is 14.9. The highest BCUT2D eigenvalue weighted by Crippen LogP contribution is 2.18. The van der Waals surface area contributed by atoms with Crippen molar-refractivity contribution in [1.29, 1.82) is 0 Å². The van der Waals surface area contributed by atoms with E-state index < -0.39 is 0 Å². The van der Waals surface area contributed by atoms with Gasteiger partial charge < -0.3 is 10.1 Å². The number of hydrogen-bond donors (Lipinski definition) is 1. The maximum Gasteiger partial charge on any atom is 0.252 e. The predicted molar refractivity (Wildman–Crippen MR) is 83.4 cm³/mol. The maximum absolute atomic E-state index is 12.3. The molecule has 0 bridgehead atoms. The van der Waals surface area contributed by atoms with Crippen molar-refractivity contribution in [1.82, 2.24) is 10.3 Å². The van der Waals surface area contributed by atoms with E-state index >= 15 is 0 Å². The molecule has 0 saturated carbocycles. The summed E-state index contributed by atoms with van der Waals surface area (Å²) in [5, 5.41) is 3.78. The number of carbonyl (C=O) groups excluding carboxylic acids is 1. The number of carbonyl (C=O) groups is 1. The lowest BCUT2D eigenvalue weighted by molar-refractivity contribution is 0.0951. The molecule has 1 N–H and O–H groups in total. The minimum Gasteiger partial charge on any atom is -0.383 e. The second-order valence-corrected chi connectivity index (χ2v) is 5.89. The normalized spacial score (nSPS) is 12.3. The largest absolute Gasteiger partial charge is 0.383 e. The summed E-state index contributed by atoms with van der Waals surface area (Å²) in [6.45, 7) is 2.96. The molecule has 5 heteroatoms. The van der Waals surface area contributed by atoms with Gasteiger partial charge in [-0.15, -0.1) is 0 Å². The lowest BCUT2D eigenvalue weighted by Gasteiger charge is -2.12. The number of pyridine rings is 1. The van der Waals surface area contributed by atoms with Gasteiger partial charge in [0.2, 0.25) is 0 Å². The van der Waals surface area contributed by atoms with Crippen LogP contribution < -0.4 is 5.32 Å². The van der Waals surface area contributed by atoms with Crippen LogP contribution in [0.1, 0.15) is 16.1 Å². The minimum atomic E-state index is -0.0905. The summed E-state index contributed by atoms with van der Waals surface area (Å²) >= 11 is 3.45. The van der Waals surface area contributed by atoms with Crippen molar-refractivity contribution < 1.29 is 9.53 Å². The van der Waals surface area contributed by atoms with Crippen molar-refractivity contribution in [3.8, 4) is 0 Å². The van der Waals surface area contributed by atoms with Crippen LogP contribution in [0.4, 0.5) is 0 Å². The summed E-state index contributed by atoms with van der Waals surface area (Å²) in [6, 6.07) is 9.48. The molecule has 20 heavy (non-hydrogen) atoms. The van der Waals surface area contributed by atoms with Crippen LogP contribution in [-0.4, -0.2) is 36.0 Å². The molecule has 0 aliphatic rings. The number of hydrogen-bond acceptors (Lipinski definition) is 3. The fourth-order valence-corrected chi connectivity index (χ4v) is 2.46. The molecular weight excluding hydrogens is 320 g/mol. The summed E-state index contributed by atoms with van der Waals surface area (Å²) in [7, 11) is 1.63. The van der Waals surface area contributed by atoms with E-state index in [9.17, 15) is 4.79 Å². The maximum atomic E-state index is 12.3. The van der Waals surface area contributed by atoms with Gasteiger partial charge in [0.05, 0.1) is 22.5 Å². The standard InChI is InChI=1S/C15H17BrN2O2/c1-10-7-13(12-5-3-4-6-14(12)18-10)15(19)17-8-11(16)9-20-2/h3-7,11H,8-9H2,1-2H3,(H,17,19). The number of nitrogens with one attached hydrogen (secondary N) is 1. The Morgan fingerprint density at radius 1 is 1.45 bits per heavy atom. The number of rotatable bonds is 5. The molecule has 1 aromatic heterocycles. The van der Waals surface area contributed by atoms with Gasteiger partial charge >= 0.3 is 0 Å². The molecule has 0 fully saturated rings. The van der Waals surface area contributed by atoms with Gasteiger partial charge in [-0.2, -0.15) is 0 Å². The minimum absolute atomic E-state index is 0.0905. The Hall–Kier alpha value is -1.46. The van der Waals surface area contributed by atoms with Crippen molar-refractivity contribution in [2.45, 2.75) is 11.8 Å². The van der Waals surface area contributed by atoms with E-state index in [2.05, 4.69) is 26.2 Å². The molecule has 1 amide bonds. The van der Waals surface area contributed by atoms with E-state index in [1.54, 1.807) is 7.11 Å². The Morgan fingerprint density at radius 2 is 2.20 bits per heavy atom. The van der Waals surface area contributed by atoms with Gasteiger partial charge in [-0.3, -0.25) is 9.78 Å². The first-order chi connectivity index (χ1) is 9.61. The van der Waals surface area contributed by atoms with E-state index in [-0.39, 0.29) is 10.7 Å². The number of ether oxygens (including phenoxy) is 1. The number of methoxy groups -OCH3 is 1. The van der Waals surface area contributed by atoms with Gasteiger partial charge in [-0.25, -0.2) is 0 Å². The number of para-hydroxylation sites is 1. The average Bonchev–Trinajstić information content (AvgIpc) is 2.44. The summed E-state index contributed by atoms with van der Waals surface area (Å²) < 4.78 is 5.02. The summed E-state index contributed by atoms with van der Waals surface area (Å²) in [5.74, 6) is -0.0905. The Morgan fingerprint density at radius 3 is 2.95 bits per heavy atom. The summed E-state index contributed by atoms with van der Waals surface area (Å²) in [6.07, 6.45) is 0. The van der Waals surface area contributed by atoms with E-state index in [0.29, 0.717) is 18.7 Å². The van der Waals surface area contributed by atoms with Crippen LogP contribution in [-0.2, 0) is 4.74 Å². The van der Waals surface area contributed by atoms with Gasteiger partial charge in [-0.05, 0) is 19.1 Å². The molecule has 1 aromatic carbocycles. The fraction of sp³-hybridized carbons (Fsp3) is 0.333. The van der Waals surface area contributed by atoms with Crippen molar-refractivity contribution in [2.75, 3.05) is 20.3 Å². The zero-order valence-electron chi connectivity index (χ0n) is 11.5. The van der Waals surface area contributed by atoms with Crippen LogP contribution >= 0.6 is 15.9 Å². The Kier molecular flexibility index (Phi) is 5.09. The first-order valence-corrected chi connectivity index (χ1v) is 7.31. The van der Waals surface area contributed by atoms with Gasteiger partial charge in [0.15, 0.2) is 0 Å². The molecule has 2 rings (SSSR count). The average molecular weight is 337 g/mol. The number of nitrogens with zero attached hydrogens (tertiary/aromatic N) is 1. The summed E-state index contributed by atoms with van der Waals surface area (Å²) in [5.41, 5.74) is 2.33. The molecule has 0 spiro atoms. The van der Waals surface area contributed by atoms with E-state index in [1.807, 2.05) is 37.3 Å². The number of aromatic nitrogens is 1. The summed E-state index contributed by atoms with van der Waals surface area (Å²) in [4.78, 5) is 16.9. The van der Waals surface area contributed by atoms with Crippen LogP contribution in [0.25, 0.3) is 10.9 Å². The topological polar surface area (TPSA) is 51.2 Å². The number of fused-ring (bicyclic) bond motifs is 1. The van der Waals surface area contributed by atoms with Crippen molar-refractivity contribution in [3.63, 3.8) is 0 Å². The van der Waals surface area contributed by atoms with Crippen LogP contribution in [0, 0.1) is 6.92 Å². The second kappa shape index (κ2) is 6.81. The predicted octanol–water partition coefficient (Wildman–Crippen LogP) is 2.68. The zero-order valence-corrected chi connectivity index (χ0v) is 13.1. The van der Waals surface area contributed by atoms with Gasteiger partial charge in [-0.1, -0.05) is 34.1 Å². The molecule has 0 radical (unpaired) electrons. The van der Waals surface area contributed by atoms with Crippen LogP contribution in [0.2, 0.25) is 0 Å². The highest BCUT2D eigenvalue weighted by Gasteiger charge is 2.13. The van der Waals surface area contributed by atoms with Crippen LogP contribution in [0.3, 0.4) is 0 Å². The van der Waals surface area contributed by atoms with E-state index in [4.69, 9.17) is 4.74 Å². The quantitative estimate of drug-likeness (QED) is 0.854. The molecule has 106 valence electrons. The molecule has 1 unspecified atom stereocenters. The lowest BCUT2D eigenvalue weighted by atomic mass is 10.1. The molecule has 4 nitrogen and oxygen atoms in total. The smallest absolute Gasteiger partial charge is 0.252 e. The molecule has 1 atom stereocenters. The number of aryl methyl sites for hydroxylation is 1. The Bertz CT molecular complexity index is 616. The van der Waals surface area contributed by atoms with Crippen LogP contribution in [0.15, 0.2) is 30.3 Å². The number of amides is 1. The van der Waals surface area contributed by atoms with Crippen molar-refractivity contribution in [2.24, 2.45) is 0 Å². The third kappa shape index (κ3) is 3.55. The molecule has 0 aliphatic heterocycles. The van der Waals surface area contributed by atoms with E-state index in [0.717, 1.165) is 16.6 Å². The Labute approximate surface area is 126 Å². The molecule has 1 heterocycles. The van der Waals surface area contributed by atoms with Crippen LogP contribution in [0.5, 0.6) is 0 Å². The molecule has 0 saturated heterocycles. The van der Waals surface area contributed by atoms with Gasteiger partial charge in [0.1, 0.15) is 0 Å². The molecule has 2 aromatic rings. The Balaban J connectivity index is 2.21. The highest BCUT2D eigenvalue weighted by molar-refractivity contribution is 9.09. The number of halogens is 1. The molecule has 0 aliphatic carbocycles. The fourth-order valence-electron chi connectivity index (χ4n) is 2.03. The zero-order chi connectivity index (χ0) is 14.5. The number of benzene rings is 1. The third-order valence-corrected chi connectivity index (χ3v) is 3.51. The monoisotopic (exact) mass is 336 g/mol. The van der Waals surface area contributed by atoms with Gasteiger partial charge in [0, 0.05) is 24.7 Å². The molecular formula is C15H17BrN2O2. The van der Waals surface area contributed by atoms with Crippen molar-refractivity contribution >= 4 is 32.7 Å². The first-order valence-electron chi connectivity index (χ1n) is 6.39. The third-order valence-electron chi connectivity index (χ3n) is 2.92. The second-order valence-electron chi connectivity index (χ2n) is 4.59. The van der Waals surface area contributed by atoms with Crippen molar-refractivity contribution in [3.05, 3.63) is 41.6 Å². The number of alkyl halides is 1. The van der Waals surface area contributed by atoms with Gasteiger partial charge in [0.25, 0.3) is 5.91 Å².